The third-order valence-electron chi connectivity index (χ3n) is 5.88. The first kappa shape index (κ1) is 19.5. The largest absolute Gasteiger partial charge is 0.496 e. The molecule has 29 heavy (non-hydrogen) atoms. The van der Waals surface area contributed by atoms with E-state index in [1.54, 1.807) is 21.3 Å². The number of hydrogen-bond donors (Lipinski definition) is 1. The Morgan fingerprint density at radius 1 is 0.966 bits per heavy atom. The standard InChI is InChI=1S/C22H27N3O4/c1-27-15-13-18(28-2)20(19(14-15)29-3)21(22(26)11-7-4-8-12-22)25-17-10-6-5-9-16(17)23-24-25/h5-6,9-10,13-14,21,26H,4,7-8,11-12H2,1-3H3. The summed E-state index contributed by atoms with van der Waals surface area (Å²) in [5.74, 6) is 1.80. The van der Waals surface area contributed by atoms with Gasteiger partial charge in [-0.3, -0.25) is 0 Å². The molecule has 1 fully saturated rings. The minimum Gasteiger partial charge on any atom is -0.496 e. The molecule has 7 heteroatoms. The van der Waals surface area contributed by atoms with Gasteiger partial charge in [-0.05, 0) is 25.0 Å². The number of methoxy groups -OCH3 is 3. The molecule has 1 atom stereocenters. The number of aromatic nitrogens is 3. The maximum Gasteiger partial charge on any atom is 0.131 e. The van der Waals surface area contributed by atoms with Crippen molar-refractivity contribution in [1.82, 2.24) is 15.0 Å². The van der Waals surface area contributed by atoms with Crippen LogP contribution in [0.1, 0.15) is 43.7 Å². The molecule has 1 aromatic heterocycles. The third-order valence-corrected chi connectivity index (χ3v) is 5.88. The van der Waals surface area contributed by atoms with E-state index in [1.807, 2.05) is 41.1 Å². The van der Waals surface area contributed by atoms with Crippen LogP contribution in [-0.2, 0) is 0 Å². The van der Waals surface area contributed by atoms with Crippen molar-refractivity contribution in [2.24, 2.45) is 0 Å². The molecule has 7 nitrogen and oxygen atoms in total. The summed E-state index contributed by atoms with van der Waals surface area (Å²) in [5, 5.41) is 20.6. The Morgan fingerprint density at radius 3 is 2.24 bits per heavy atom. The van der Waals surface area contributed by atoms with Gasteiger partial charge in [-0.15, -0.1) is 5.10 Å². The molecule has 1 aliphatic rings. The average Bonchev–Trinajstić information content (AvgIpc) is 3.18. The quantitative estimate of drug-likeness (QED) is 0.683. The summed E-state index contributed by atoms with van der Waals surface area (Å²) in [6, 6.07) is 10.9. The predicted molar refractivity (Wildman–Crippen MR) is 110 cm³/mol. The van der Waals surface area contributed by atoms with E-state index in [9.17, 15) is 5.11 Å². The Kier molecular flexibility index (Phi) is 5.32. The van der Waals surface area contributed by atoms with Crippen molar-refractivity contribution in [3.05, 3.63) is 42.0 Å². The Bertz CT molecular complexity index is 970. The number of benzene rings is 2. The van der Waals surface area contributed by atoms with E-state index in [2.05, 4.69) is 10.3 Å². The lowest BCUT2D eigenvalue weighted by Crippen LogP contribution is -2.42. The van der Waals surface area contributed by atoms with Crippen LogP contribution in [0.4, 0.5) is 0 Å². The van der Waals surface area contributed by atoms with Crippen molar-refractivity contribution in [3.8, 4) is 17.2 Å². The monoisotopic (exact) mass is 397 g/mol. The first-order valence-electron chi connectivity index (χ1n) is 9.93. The fourth-order valence-corrected chi connectivity index (χ4v) is 4.44. The Morgan fingerprint density at radius 2 is 1.62 bits per heavy atom. The smallest absolute Gasteiger partial charge is 0.131 e. The minimum atomic E-state index is -0.996. The first-order valence-corrected chi connectivity index (χ1v) is 9.93. The summed E-state index contributed by atoms with van der Waals surface area (Å²) in [7, 11) is 4.82. The third kappa shape index (κ3) is 3.40. The van der Waals surface area contributed by atoms with Gasteiger partial charge in [0.2, 0.25) is 0 Å². The summed E-state index contributed by atoms with van der Waals surface area (Å²) in [5.41, 5.74) is 1.39. The van der Waals surface area contributed by atoms with Crippen molar-refractivity contribution < 1.29 is 19.3 Å². The van der Waals surface area contributed by atoms with Gasteiger partial charge in [0.15, 0.2) is 0 Å². The maximum atomic E-state index is 11.9. The van der Waals surface area contributed by atoms with Gasteiger partial charge in [0, 0.05) is 12.1 Å². The zero-order valence-corrected chi connectivity index (χ0v) is 17.1. The molecular formula is C22H27N3O4. The molecule has 3 aromatic rings. The van der Waals surface area contributed by atoms with Crippen molar-refractivity contribution in [2.75, 3.05) is 21.3 Å². The van der Waals surface area contributed by atoms with Crippen molar-refractivity contribution >= 4 is 11.0 Å². The van der Waals surface area contributed by atoms with Crippen LogP contribution in [0.25, 0.3) is 11.0 Å². The molecule has 0 amide bonds. The molecule has 4 rings (SSSR count). The fraction of sp³-hybridized carbons (Fsp3) is 0.455. The second kappa shape index (κ2) is 7.91. The number of ether oxygens (including phenoxy) is 3. The molecule has 154 valence electrons. The van der Waals surface area contributed by atoms with Crippen molar-refractivity contribution in [3.63, 3.8) is 0 Å². The molecule has 0 saturated heterocycles. The number of aliphatic hydroxyl groups is 1. The Labute approximate surface area is 170 Å². The molecule has 1 aliphatic carbocycles. The second-order valence-corrected chi connectivity index (χ2v) is 7.54. The molecule has 0 aliphatic heterocycles. The van der Waals surface area contributed by atoms with Gasteiger partial charge in [-0.1, -0.05) is 36.6 Å². The maximum absolute atomic E-state index is 11.9. The summed E-state index contributed by atoms with van der Waals surface area (Å²) in [6.07, 6.45) is 4.37. The van der Waals surface area contributed by atoms with Crippen LogP contribution >= 0.6 is 0 Å². The number of fused-ring (bicyclic) bond motifs is 1. The predicted octanol–water partition coefficient (Wildman–Crippen LogP) is 3.74. The molecule has 0 radical (unpaired) electrons. The SMILES string of the molecule is COc1cc(OC)c(C(n2nnc3ccccc32)C2(O)CCCCC2)c(OC)c1. The lowest BCUT2D eigenvalue weighted by Gasteiger charge is -2.40. The lowest BCUT2D eigenvalue weighted by molar-refractivity contribution is -0.0340. The van der Waals surface area contributed by atoms with Gasteiger partial charge in [0.05, 0.1) is 38.0 Å². The van der Waals surface area contributed by atoms with Crippen LogP contribution < -0.4 is 14.2 Å². The van der Waals surface area contributed by atoms with Crippen LogP contribution in [0.2, 0.25) is 0 Å². The normalized spacial score (nSPS) is 17.1. The first-order chi connectivity index (χ1) is 14.1. The summed E-state index contributed by atoms with van der Waals surface area (Å²) < 4.78 is 18.7. The lowest BCUT2D eigenvalue weighted by atomic mass is 9.76. The van der Waals surface area contributed by atoms with Gasteiger partial charge in [0.1, 0.15) is 28.8 Å². The molecule has 1 heterocycles. The molecule has 0 bridgehead atoms. The minimum absolute atomic E-state index is 0.508. The molecule has 1 N–H and O–H groups in total. The molecule has 0 spiro atoms. The number of hydrogen-bond acceptors (Lipinski definition) is 6. The van der Waals surface area contributed by atoms with E-state index < -0.39 is 11.6 Å². The fourth-order valence-electron chi connectivity index (χ4n) is 4.44. The highest BCUT2D eigenvalue weighted by molar-refractivity contribution is 5.74. The number of rotatable bonds is 6. The van der Waals surface area contributed by atoms with Crippen LogP contribution in [0.5, 0.6) is 17.2 Å². The topological polar surface area (TPSA) is 78.6 Å². The highest BCUT2D eigenvalue weighted by atomic mass is 16.5. The van der Waals surface area contributed by atoms with E-state index in [0.29, 0.717) is 30.1 Å². The molecule has 1 saturated carbocycles. The average molecular weight is 397 g/mol. The van der Waals surface area contributed by atoms with Crippen LogP contribution in [0, 0.1) is 0 Å². The van der Waals surface area contributed by atoms with E-state index in [0.717, 1.165) is 35.9 Å². The van der Waals surface area contributed by atoms with E-state index >= 15 is 0 Å². The second-order valence-electron chi connectivity index (χ2n) is 7.54. The van der Waals surface area contributed by atoms with Crippen LogP contribution in [-0.4, -0.2) is 47.0 Å². The Balaban J connectivity index is 1.99. The highest BCUT2D eigenvalue weighted by Gasteiger charge is 2.44. The van der Waals surface area contributed by atoms with Crippen molar-refractivity contribution in [2.45, 2.75) is 43.7 Å². The van der Waals surface area contributed by atoms with E-state index in [4.69, 9.17) is 14.2 Å². The summed E-state index contributed by atoms with van der Waals surface area (Å²) >= 11 is 0. The zero-order chi connectivity index (χ0) is 20.4. The van der Waals surface area contributed by atoms with Gasteiger partial charge in [-0.25, -0.2) is 4.68 Å². The van der Waals surface area contributed by atoms with Gasteiger partial charge in [0.25, 0.3) is 0 Å². The van der Waals surface area contributed by atoms with Gasteiger partial charge < -0.3 is 19.3 Å². The number of nitrogens with zero attached hydrogens (tertiary/aromatic N) is 3. The number of para-hydroxylation sites is 1. The van der Waals surface area contributed by atoms with E-state index in [1.165, 1.54) is 0 Å². The van der Waals surface area contributed by atoms with Crippen LogP contribution in [0.15, 0.2) is 36.4 Å². The zero-order valence-electron chi connectivity index (χ0n) is 17.1. The van der Waals surface area contributed by atoms with Gasteiger partial charge in [-0.2, -0.15) is 0 Å². The summed E-state index contributed by atoms with van der Waals surface area (Å²) in [4.78, 5) is 0. The summed E-state index contributed by atoms with van der Waals surface area (Å²) in [6.45, 7) is 0. The molecular weight excluding hydrogens is 370 g/mol. The Hall–Kier alpha value is -2.80. The highest BCUT2D eigenvalue weighted by Crippen LogP contribution is 2.48. The molecule has 1 unspecified atom stereocenters. The van der Waals surface area contributed by atoms with Crippen LogP contribution in [0.3, 0.4) is 0 Å². The van der Waals surface area contributed by atoms with Gasteiger partial charge >= 0.3 is 0 Å². The molecule has 2 aromatic carbocycles. The van der Waals surface area contributed by atoms with Crippen molar-refractivity contribution in [1.29, 1.82) is 0 Å². The van der Waals surface area contributed by atoms with E-state index in [-0.39, 0.29) is 0 Å².